The quantitative estimate of drug-likeness (QED) is 0.927. The molecule has 1 aromatic rings. The van der Waals surface area contributed by atoms with E-state index in [0.29, 0.717) is 9.33 Å². The van der Waals surface area contributed by atoms with Crippen LogP contribution in [0.2, 0.25) is 5.02 Å². The molecular weight excluding hydrogens is 288 g/mol. The molecule has 0 aliphatic carbocycles. The lowest BCUT2D eigenvalue weighted by molar-refractivity contribution is 0.228. The molecule has 1 rings (SSSR count). The van der Waals surface area contributed by atoms with E-state index in [0.717, 1.165) is 5.56 Å². The molecule has 0 saturated heterocycles. The predicted octanol–water partition coefficient (Wildman–Crippen LogP) is 2.37. The zero-order valence-corrected chi connectivity index (χ0v) is 12.6. The molecule has 0 spiro atoms. The molecule has 0 atom stereocenters. The second-order valence-electron chi connectivity index (χ2n) is 4.68. The number of benzene rings is 1. The molecule has 2 N–H and O–H groups in total. The summed E-state index contributed by atoms with van der Waals surface area (Å²) in [5.41, 5.74) is 5.91. The SMILES string of the molecule is Cc1ccc(S(=O)(=O)N(CC(C)C)C(N)=O)cc1Cl. The molecule has 0 fully saturated rings. The number of sulfonamides is 1. The van der Waals surface area contributed by atoms with Crippen molar-refractivity contribution in [3.05, 3.63) is 28.8 Å². The van der Waals surface area contributed by atoms with Crippen LogP contribution in [-0.4, -0.2) is 25.3 Å². The van der Waals surface area contributed by atoms with Crippen LogP contribution in [0.5, 0.6) is 0 Å². The van der Waals surface area contributed by atoms with E-state index in [1.807, 2.05) is 0 Å². The number of carbonyl (C=O) groups excluding carboxylic acids is 1. The van der Waals surface area contributed by atoms with Gasteiger partial charge in [-0.05, 0) is 30.5 Å². The first-order valence-corrected chi connectivity index (χ1v) is 7.56. The minimum absolute atomic E-state index is 0.0248. The molecule has 0 radical (unpaired) electrons. The molecule has 0 unspecified atom stereocenters. The minimum atomic E-state index is -3.96. The van der Waals surface area contributed by atoms with E-state index in [9.17, 15) is 13.2 Å². The van der Waals surface area contributed by atoms with Crippen LogP contribution in [0.3, 0.4) is 0 Å². The van der Waals surface area contributed by atoms with Crippen LogP contribution in [0.1, 0.15) is 19.4 Å². The van der Waals surface area contributed by atoms with Gasteiger partial charge in [-0.2, -0.15) is 0 Å². The van der Waals surface area contributed by atoms with Crippen molar-refractivity contribution < 1.29 is 13.2 Å². The fourth-order valence-corrected chi connectivity index (χ4v) is 3.24. The van der Waals surface area contributed by atoms with E-state index < -0.39 is 16.1 Å². The number of hydrogen-bond acceptors (Lipinski definition) is 3. The molecule has 2 amide bonds. The van der Waals surface area contributed by atoms with Crippen molar-refractivity contribution >= 4 is 27.7 Å². The fourth-order valence-electron chi connectivity index (χ4n) is 1.50. The van der Waals surface area contributed by atoms with E-state index in [-0.39, 0.29) is 17.4 Å². The van der Waals surface area contributed by atoms with Gasteiger partial charge in [0.25, 0.3) is 10.0 Å². The lowest BCUT2D eigenvalue weighted by Crippen LogP contribution is -2.42. The third kappa shape index (κ3) is 3.61. The van der Waals surface area contributed by atoms with E-state index in [1.54, 1.807) is 26.8 Å². The van der Waals surface area contributed by atoms with Crippen LogP contribution in [0.4, 0.5) is 4.79 Å². The number of carbonyl (C=O) groups is 1. The summed E-state index contributed by atoms with van der Waals surface area (Å²) >= 11 is 5.91. The van der Waals surface area contributed by atoms with Crippen LogP contribution < -0.4 is 5.73 Å². The second-order valence-corrected chi connectivity index (χ2v) is 6.95. The second kappa shape index (κ2) is 5.79. The van der Waals surface area contributed by atoms with Gasteiger partial charge < -0.3 is 5.73 Å². The largest absolute Gasteiger partial charge is 0.351 e. The van der Waals surface area contributed by atoms with Gasteiger partial charge in [0.1, 0.15) is 0 Å². The predicted molar refractivity (Wildman–Crippen MR) is 74.5 cm³/mol. The highest BCUT2D eigenvalue weighted by atomic mass is 35.5. The Balaban J connectivity index is 3.26. The number of amides is 2. The van der Waals surface area contributed by atoms with Crippen LogP contribution >= 0.6 is 11.6 Å². The van der Waals surface area contributed by atoms with Gasteiger partial charge in [0.2, 0.25) is 0 Å². The fraction of sp³-hybridized carbons (Fsp3) is 0.417. The Morgan fingerprint density at radius 3 is 2.42 bits per heavy atom. The monoisotopic (exact) mass is 304 g/mol. The standard InChI is InChI=1S/C12H17ClN2O3S/c1-8(2)7-15(12(14)16)19(17,18)10-5-4-9(3)11(13)6-10/h4-6,8H,7H2,1-3H3,(H2,14,16). The third-order valence-corrected chi connectivity index (χ3v) is 4.67. The molecule has 19 heavy (non-hydrogen) atoms. The first-order valence-electron chi connectivity index (χ1n) is 5.74. The molecule has 106 valence electrons. The number of nitrogens with two attached hydrogens (primary N) is 1. The molecule has 1 aromatic carbocycles. The lowest BCUT2D eigenvalue weighted by Gasteiger charge is -2.22. The smallest absolute Gasteiger partial charge is 0.328 e. The molecular formula is C12H17ClN2O3S. The Morgan fingerprint density at radius 2 is 2.00 bits per heavy atom. The Morgan fingerprint density at radius 1 is 1.42 bits per heavy atom. The highest BCUT2D eigenvalue weighted by Crippen LogP contribution is 2.23. The van der Waals surface area contributed by atoms with Crippen molar-refractivity contribution in [3.63, 3.8) is 0 Å². The number of rotatable bonds is 4. The summed E-state index contributed by atoms with van der Waals surface area (Å²) in [6.07, 6.45) is 0. The van der Waals surface area contributed by atoms with Gasteiger partial charge in [0.05, 0.1) is 4.90 Å². The summed E-state index contributed by atoms with van der Waals surface area (Å²) in [7, 11) is -3.96. The van der Waals surface area contributed by atoms with Gasteiger partial charge >= 0.3 is 6.03 Å². The molecule has 0 heterocycles. The van der Waals surface area contributed by atoms with E-state index >= 15 is 0 Å². The Kier molecular flexibility index (Phi) is 4.81. The number of primary amides is 1. The molecule has 5 nitrogen and oxygen atoms in total. The molecule has 0 bridgehead atoms. The average Bonchev–Trinajstić information content (AvgIpc) is 2.28. The van der Waals surface area contributed by atoms with Gasteiger partial charge in [0, 0.05) is 11.6 Å². The van der Waals surface area contributed by atoms with Crippen molar-refractivity contribution in [2.24, 2.45) is 11.7 Å². The molecule has 0 aliphatic heterocycles. The average molecular weight is 305 g/mol. The summed E-state index contributed by atoms with van der Waals surface area (Å²) in [5, 5.41) is 0.329. The van der Waals surface area contributed by atoms with Crippen molar-refractivity contribution in [2.75, 3.05) is 6.54 Å². The zero-order chi connectivity index (χ0) is 14.8. The first-order chi connectivity index (χ1) is 8.66. The van der Waals surface area contributed by atoms with Crippen molar-refractivity contribution in [2.45, 2.75) is 25.7 Å². The summed E-state index contributed by atoms with van der Waals surface area (Å²) < 4.78 is 25.3. The lowest BCUT2D eigenvalue weighted by atomic mass is 10.2. The summed E-state index contributed by atoms with van der Waals surface area (Å²) in [6, 6.07) is 3.32. The van der Waals surface area contributed by atoms with Crippen molar-refractivity contribution in [1.82, 2.24) is 4.31 Å². The van der Waals surface area contributed by atoms with Crippen LogP contribution in [0.25, 0.3) is 0 Å². The highest BCUT2D eigenvalue weighted by molar-refractivity contribution is 7.89. The third-order valence-electron chi connectivity index (χ3n) is 2.51. The summed E-state index contributed by atoms with van der Waals surface area (Å²) in [4.78, 5) is 11.3. The molecule has 0 aromatic heterocycles. The summed E-state index contributed by atoms with van der Waals surface area (Å²) in [5.74, 6) is -0.0248. The topological polar surface area (TPSA) is 80.5 Å². The van der Waals surface area contributed by atoms with Gasteiger partial charge in [-0.3, -0.25) is 0 Å². The van der Waals surface area contributed by atoms with Gasteiger partial charge in [-0.25, -0.2) is 17.5 Å². The maximum absolute atomic E-state index is 12.3. The number of aryl methyl sites for hydroxylation is 1. The number of hydrogen-bond donors (Lipinski definition) is 1. The normalized spacial score (nSPS) is 11.6. The van der Waals surface area contributed by atoms with E-state index in [1.165, 1.54) is 12.1 Å². The maximum Gasteiger partial charge on any atom is 0.328 e. The van der Waals surface area contributed by atoms with Crippen LogP contribution in [0.15, 0.2) is 23.1 Å². The number of halogens is 1. The van der Waals surface area contributed by atoms with Crippen molar-refractivity contribution in [1.29, 1.82) is 0 Å². The maximum atomic E-state index is 12.3. The Bertz CT molecular complexity index is 585. The van der Waals surface area contributed by atoms with E-state index in [4.69, 9.17) is 17.3 Å². The zero-order valence-electron chi connectivity index (χ0n) is 11.1. The minimum Gasteiger partial charge on any atom is -0.351 e. The van der Waals surface area contributed by atoms with Crippen molar-refractivity contribution in [3.8, 4) is 0 Å². The van der Waals surface area contributed by atoms with Crippen LogP contribution in [0, 0.1) is 12.8 Å². The van der Waals surface area contributed by atoms with E-state index in [2.05, 4.69) is 0 Å². The van der Waals surface area contributed by atoms with Crippen LogP contribution in [-0.2, 0) is 10.0 Å². The summed E-state index contributed by atoms with van der Waals surface area (Å²) in [6.45, 7) is 5.39. The highest BCUT2D eigenvalue weighted by Gasteiger charge is 2.28. The van der Waals surface area contributed by atoms with Gasteiger partial charge in [0.15, 0.2) is 0 Å². The van der Waals surface area contributed by atoms with Gasteiger partial charge in [-0.15, -0.1) is 0 Å². The Hall–Kier alpha value is -1.27. The molecule has 0 saturated carbocycles. The molecule has 7 heteroatoms. The van der Waals surface area contributed by atoms with Gasteiger partial charge in [-0.1, -0.05) is 31.5 Å². The number of nitrogens with zero attached hydrogens (tertiary/aromatic N) is 1. The first kappa shape index (κ1) is 15.8. The number of urea groups is 1. The Labute approximate surface area is 118 Å². The molecule has 0 aliphatic rings.